The van der Waals surface area contributed by atoms with Crippen molar-refractivity contribution in [1.82, 2.24) is 15.2 Å². The molecule has 0 saturated heterocycles. The average molecular weight is 491 g/mol. The van der Waals surface area contributed by atoms with Gasteiger partial charge in [-0.2, -0.15) is 4.98 Å². The van der Waals surface area contributed by atoms with Crippen LogP contribution in [-0.4, -0.2) is 26.8 Å². The summed E-state index contributed by atoms with van der Waals surface area (Å²) in [5.74, 6) is -1.65. The van der Waals surface area contributed by atoms with E-state index in [-0.39, 0.29) is 29.5 Å². The summed E-state index contributed by atoms with van der Waals surface area (Å²) in [7, 11) is 0. The summed E-state index contributed by atoms with van der Waals surface area (Å²) in [4.78, 5) is 18.9. The summed E-state index contributed by atoms with van der Waals surface area (Å²) in [6.07, 6.45) is 0.787. The summed E-state index contributed by atoms with van der Waals surface area (Å²) in [6.45, 7) is 3.76. The molecule has 2 heterocycles. The zero-order valence-corrected chi connectivity index (χ0v) is 19.6. The molecule has 4 rings (SSSR count). The molecule has 2 aromatic carbocycles. The zero-order valence-electron chi connectivity index (χ0n) is 18.0. The van der Waals surface area contributed by atoms with Gasteiger partial charge in [-0.25, -0.2) is 8.78 Å². The quantitative estimate of drug-likeness (QED) is 0.303. The molecule has 0 spiro atoms. The van der Waals surface area contributed by atoms with Gasteiger partial charge in [0.05, 0.1) is 11.3 Å². The Kier molecular flexibility index (Phi) is 7.09. The molecule has 33 heavy (non-hydrogen) atoms. The van der Waals surface area contributed by atoms with Crippen LogP contribution in [0.5, 0.6) is 5.88 Å². The highest BCUT2D eigenvalue weighted by Crippen LogP contribution is 2.45. The van der Waals surface area contributed by atoms with E-state index in [1.54, 1.807) is 25.1 Å². The molecule has 10 heteroatoms. The van der Waals surface area contributed by atoms with Gasteiger partial charge in [-0.3, -0.25) is 9.69 Å². The van der Waals surface area contributed by atoms with Crippen molar-refractivity contribution < 1.29 is 18.3 Å². The van der Waals surface area contributed by atoms with Gasteiger partial charge in [0.2, 0.25) is 23.2 Å². The number of hydrogen-bond donors (Lipinski definition) is 0. The molecule has 0 saturated carbocycles. The maximum Gasteiger partial charge on any atom is 0.247 e. The first kappa shape index (κ1) is 23.4. The number of carbonyl (C=O) groups excluding carboxylic acids is 1. The van der Waals surface area contributed by atoms with Crippen LogP contribution in [0.2, 0.25) is 5.02 Å². The first-order valence-corrected chi connectivity index (χ1v) is 11.9. The number of benzene rings is 2. The van der Waals surface area contributed by atoms with E-state index in [0.717, 1.165) is 24.7 Å². The van der Waals surface area contributed by atoms with E-state index >= 15 is 0 Å². The number of amides is 1. The lowest BCUT2D eigenvalue weighted by molar-refractivity contribution is -0.120. The predicted molar refractivity (Wildman–Crippen MR) is 123 cm³/mol. The van der Waals surface area contributed by atoms with E-state index in [9.17, 15) is 13.6 Å². The van der Waals surface area contributed by atoms with Crippen molar-refractivity contribution in [3.8, 4) is 17.1 Å². The number of thioether (sulfide) groups is 1. The Morgan fingerprint density at radius 2 is 2.03 bits per heavy atom. The SMILES string of the molecule is CCCCSc1nnc2c(n1)O[C@@H](c1cccc(F)c1F)N(C(=O)CC)c1ccc(Cl)cc1-2. The van der Waals surface area contributed by atoms with Crippen LogP contribution >= 0.6 is 23.4 Å². The number of carbonyl (C=O) groups is 1. The Balaban J connectivity index is 1.93. The topological polar surface area (TPSA) is 68.2 Å². The number of unbranched alkanes of at least 4 members (excludes halogenated alkanes) is 1. The van der Waals surface area contributed by atoms with E-state index in [1.807, 2.05) is 0 Å². The number of hydrogen-bond acceptors (Lipinski definition) is 6. The van der Waals surface area contributed by atoms with Gasteiger partial charge >= 0.3 is 0 Å². The molecule has 1 aromatic heterocycles. The number of rotatable bonds is 6. The third-order valence-corrected chi connectivity index (χ3v) is 6.27. The van der Waals surface area contributed by atoms with Crippen molar-refractivity contribution >= 4 is 35.0 Å². The summed E-state index contributed by atoms with van der Waals surface area (Å²) in [5, 5.41) is 9.29. The highest BCUT2D eigenvalue weighted by Gasteiger charge is 2.37. The van der Waals surface area contributed by atoms with Gasteiger partial charge in [0.25, 0.3) is 0 Å². The fourth-order valence-electron chi connectivity index (χ4n) is 3.46. The fraction of sp³-hybridized carbons (Fsp3) is 0.304. The molecule has 172 valence electrons. The van der Waals surface area contributed by atoms with E-state index in [2.05, 4.69) is 22.1 Å². The fourth-order valence-corrected chi connectivity index (χ4v) is 4.49. The molecule has 0 radical (unpaired) electrons. The molecular formula is C23H21ClF2N4O2S. The third kappa shape index (κ3) is 4.65. The highest BCUT2D eigenvalue weighted by atomic mass is 35.5. The summed E-state index contributed by atoms with van der Waals surface area (Å²) >= 11 is 7.66. The van der Waals surface area contributed by atoms with Gasteiger partial charge in [-0.15, -0.1) is 10.2 Å². The van der Waals surface area contributed by atoms with Crippen LogP contribution < -0.4 is 9.64 Å². The number of anilines is 1. The van der Waals surface area contributed by atoms with E-state index < -0.39 is 17.9 Å². The molecule has 6 nitrogen and oxygen atoms in total. The van der Waals surface area contributed by atoms with Crippen LogP contribution in [0, 0.1) is 11.6 Å². The smallest absolute Gasteiger partial charge is 0.247 e. The van der Waals surface area contributed by atoms with E-state index in [4.69, 9.17) is 16.3 Å². The molecule has 3 aromatic rings. The summed E-state index contributed by atoms with van der Waals surface area (Å²) < 4.78 is 35.1. The van der Waals surface area contributed by atoms with Crippen LogP contribution in [0.1, 0.15) is 44.9 Å². The molecule has 0 aliphatic carbocycles. The maximum absolute atomic E-state index is 14.9. The number of nitrogens with zero attached hydrogens (tertiary/aromatic N) is 4. The van der Waals surface area contributed by atoms with E-state index in [0.29, 0.717) is 21.4 Å². The molecule has 1 aliphatic heterocycles. The monoisotopic (exact) mass is 490 g/mol. The van der Waals surface area contributed by atoms with Gasteiger partial charge in [0.15, 0.2) is 17.3 Å². The van der Waals surface area contributed by atoms with Gasteiger partial charge in [0.1, 0.15) is 0 Å². The van der Waals surface area contributed by atoms with E-state index in [1.165, 1.54) is 28.8 Å². The summed E-state index contributed by atoms with van der Waals surface area (Å²) in [6, 6.07) is 8.61. The molecule has 0 unspecified atom stereocenters. The highest BCUT2D eigenvalue weighted by molar-refractivity contribution is 7.99. The molecule has 0 bridgehead atoms. The molecule has 1 aliphatic rings. The van der Waals surface area contributed by atoms with Crippen molar-refractivity contribution in [1.29, 1.82) is 0 Å². The lowest BCUT2D eigenvalue weighted by Crippen LogP contribution is -2.37. The zero-order chi connectivity index (χ0) is 23.5. The van der Waals surface area contributed by atoms with Crippen LogP contribution in [0.25, 0.3) is 11.3 Å². The lowest BCUT2D eigenvalue weighted by atomic mass is 10.1. The minimum absolute atomic E-state index is 0.0626. The molecule has 0 N–H and O–H groups in total. The van der Waals surface area contributed by atoms with Gasteiger partial charge in [-0.1, -0.05) is 55.8 Å². The standard InChI is InChI=1S/C23H21ClF2N4O2S/c1-3-5-11-33-23-27-21-20(28-29-23)15-12-13(24)9-10-17(15)30(18(31)4-2)22(32-21)14-7-6-8-16(25)19(14)26/h6-10,12,22H,3-5,11H2,1-2H3/t22-/m0/s1. The van der Waals surface area contributed by atoms with Crippen molar-refractivity contribution in [3.63, 3.8) is 0 Å². The van der Waals surface area contributed by atoms with Crippen molar-refractivity contribution in [3.05, 3.63) is 58.6 Å². The predicted octanol–water partition coefficient (Wildman–Crippen LogP) is 6.20. The summed E-state index contributed by atoms with van der Waals surface area (Å²) in [5.41, 5.74) is 0.981. The van der Waals surface area contributed by atoms with Crippen LogP contribution in [0.15, 0.2) is 41.6 Å². The normalized spacial score (nSPS) is 14.8. The van der Waals surface area contributed by atoms with Crippen molar-refractivity contribution in [2.75, 3.05) is 10.7 Å². The Morgan fingerprint density at radius 1 is 1.21 bits per heavy atom. The second kappa shape index (κ2) is 10.0. The number of ether oxygens (including phenoxy) is 1. The number of fused-ring (bicyclic) bond motifs is 3. The second-order valence-corrected chi connectivity index (χ2v) is 8.84. The Morgan fingerprint density at radius 3 is 2.79 bits per heavy atom. The molecular weight excluding hydrogens is 470 g/mol. The average Bonchev–Trinajstić information content (AvgIpc) is 2.94. The first-order valence-electron chi connectivity index (χ1n) is 10.5. The van der Waals surface area contributed by atoms with Crippen LogP contribution in [-0.2, 0) is 4.79 Å². The lowest BCUT2D eigenvalue weighted by Gasteiger charge is -2.30. The maximum atomic E-state index is 14.9. The number of halogens is 3. The van der Waals surface area contributed by atoms with Crippen LogP contribution in [0.4, 0.5) is 14.5 Å². The largest absolute Gasteiger partial charge is 0.447 e. The Bertz CT molecular complexity index is 1200. The van der Waals surface area contributed by atoms with Crippen molar-refractivity contribution in [2.24, 2.45) is 0 Å². The molecule has 1 amide bonds. The molecule has 1 atom stereocenters. The minimum atomic E-state index is -1.31. The first-order chi connectivity index (χ1) is 15.9. The minimum Gasteiger partial charge on any atom is -0.447 e. The Hall–Kier alpha value is -2.78. The van der Waals surface area contributed by atoms with Crippen molar-refractivity contribution in [2.45, 2.75) is 44.5 Å². The second-order valence-electron chi connectivity index (χ2n) is 7.34. The van der Waals surface area contributed by atoms with Gasteiger partial charge < -0.3 is 4.74 Å². The van der Waals surface area contributed by atoms with Gasteiger partial charge in [-0.05, 0) is 30.7 Å². The number of aromatic nitrogens is 3. The Labute approximate surface area is 199 Å². The van der Waals surface area contributed by atoms with Crippen LogP contribution in [0.3, 0.4) is 0 Å². The molecule has 0 fully saturated rings. The third-order valence-electron chi connectivity index (χ3n) is 5.11. The van der Waals surface area contributed by atoms with Gasteiger partial charge in [0, 0.05) is 22.8 Å².